The van der Waals surface area contributed by atoms with Crippen molar-refractivity contribution in [2.75, 3.05) is 14.2 Å². The zero-order chi connectivity index (χ0) is 8.41. The molecule has 0 aliphatic carbocycles. The maximum absolute atomic E-state index is 12.5. The molecule has 0 aromatic carbocycles. The van der Waals surface area contributed by atoms with E-state index >= 15 is 0 Å². The number of alkyl halides is 2. The van der Waals surface area contributed by atoms with Crippen molar-refractivity contribution in [3.05, 3.63) is 0 Å². The highest BCUT2D eigenvalue weighted by Gasteiger charge is 2.47. The van der Waals surface area contributed by atoms with Crippen molar-refractivity contribution in [1.82, 2.24) is 0 Å². The summed E-state index contributed by atoms with van der Waals surface area (Å²) in [5.74, 6) is -4.80. The summed E-state index contributed by atoms with van der Waals surface area (Å²) in [5, 5.41) is 0. The van der Waals surface area contributed by atoms with Crippen molar-refractivity contribution < 1.29 is 18.3 Å². The van der Waals surface area contributed by atoms with Gasteiger partial charge in [0.1, 0.15) is 0 Å². The quantitative estimate of drug-likeness (QED) is 0.575. The topological polar surface area (TPSA) is 18.5 Å². The second-order valence-electron chi connectivity index (χ2n) is 2.24. The molecule has 2 nitrogen and oxygen atoms in total. The fourth-order valence-electron chi connectivity index (χ4n) is 0.442. The lowest BCUT2D eigenvalue weighted by molar-refractivity contribution is -0.302. The van der Waals surface area contributed by atoms with Gasteiger partial charge in [0.25, 0.3) is 5.92 Å². The molecule has 0 radical (unpaired) electrons. The lowest BCUT2D eigenvalue weighted by Gasteiger charge is -2.31. The monoisotopic (exact) mass is 154 g/mol. The van der Waals surface area contributed by atoms with Gasteiger partial charge in [-0.3, -0.25) is 0 Å². The van der Waals surface area contributed by atoms with Crippen LogP contribution in [-0.2, 0) is 9.47 Å². The van der Waals surface area contributed by atoms with Crippen LogP contribution in [0.25, 0.3) is 0 Å². The molecule has 0 fully saturated rings. The van der Waals surface area contributed by atoms with Crippen molar-refractivity contribution in [3.63, 3.8) is 0 Å². The van der Waals surface area contributed by atoms with Gasteiger partial charge >= 0.3 is 0 Å². The Morgan fingerprint density at radius 3 is 1.30 bits per heavy atom. The Morgan fingerprint density at radius 2 is 1.30 bits per heavy atom. The fraction of sp³-hybridized carbons (Fsp3) is 1.00. The van der Waals surface area contributed by atoms with Crippen LogP contribution >= 0.6 is 0 Å². The highest BCUT2D eigenvalue weighted by molar-refractivity contribution is 4.77. The maximum Gasteiger partial charge on any atom is 0.297 e. The Hall–Kier alpha value is -0.220. The minimum atomic E-state index is -2.99. The number of hydrogen-bond donors (Lipinski definition) is 0. The van der Waals surface area contributed by atoms with Gasteiger partial charge in [-0.2, -0.15) is 0 Å². The molecule has 10 heavy (non-hydrogen) atoms. The third-order valence-corrected chi connectivity index (χ3v) is 1.58. The van der Waals surface area contributed by atoms with Crippen molar-refractivity contribution in [3.8, 4) is 0 Å². The smallest absolute Gasteiger partial charge is 0.297 e. The van der Waals surface area contributed by atoms with Gasteiger partial charge in [0.2, 0.25) is 5.79 Å². The molecule has 62 valence electrons. The van der Waals surface area contributed by atoms with Crippen molar-refractivity contribution in [2.24, 2.45) is 0 Å². The van der Waals surface area contributed by atoms with E-state index in [0.717, 1.165) is 6.92 Å². The van der Waals surface area contributed by atoms with Gasteiger partial charge in [-0.05, 0) is 6.92 Å². The Balaban J connectivity index is 4.33. The largest absolute Gasteiger partial charge is 0.348 e. The van der Waals surface area contributed by atoms with E-state index in [1.54, 1.807) is 0 Å². The molecule has 0 N–H and O–H groups in total. The Kier molecular flexibility index (Phi) is 2.74. The van der Waals surface area contributed by atoms with Gasteiger partial charge in [-0.25, -0.2) is 8.78 Å². The molecule has 0 unspecified atom stereocenters. The van der Waals surface area contributed by atoms with E-state index in [1.807, 2.05) is 0 Å². The van der Waals surface area contributed by atoms with Gasteiger partial charge in [-0.1, -0.05) is 0 Å². The minimum absolute atomic E-state index is 0.750. The maximum atomic E-state index is 12.5. The molecule has 0 aromatic heterocycles. The molecule has 0 amide bonds. The average Bonchev–Trinajstić information content (AvgIpc) is 1.84. The second kappa shape index (κ2) is 2.80. The highest BCUT2D eigenvalue weighted by Crippen LogP contribution is 2.30. The summed E-state index contributed by atoms with van der Waals surface area (Å²) < 4.78 is 34.0. The summed E-state index contributed by atoms with van der Waals surface area (Å²) in [6.45, 7) is 1.94. The molecule has 0 heterocycles. The number of rotatable bonds is 3. The van der Waals surface area contributed by atoms with E-state index in [4.69, 9.17) is 0 Å². The number of methoxy groups -OCH3 is 2. The van der Waals surface area contributed by atoms with E-state index in [9.17, 15) is 8.78 Å². The van der Waals surface area contributed by atoms with E-state index in [2.05, 4.69) is 9.47 Å². The molecule has 0 saturated heterocycles. The van der Waals surface area contributed by atoms with E-state index < -0.39 is 11.7 Å². The van der Waals surface area contributed by atoms with Crippen molar-refractivity contribution >= 4 is 0 Å². The molecule has 0 atom stereocenters. The van der Waals surface area contributed by atoms with E-state index in [0.29, 0.717) is 0 Å². The summed E-state index contributed by atoms with van der Waals surface area (Å²) >= 11 is 0. The first-order valence-corrected chi connectivity index (χ1v) is 2.85. The van der Waals surface area contributed by atoms with Gasteiger partial charge in [0.15, 0.2) is 0 Å². The Morgan fingerprint density at radius 1 is 1.00 bits per heavy atom. The third kappa shape index (κ3) is 1.64. The lowest BCUT2D eigenvalue weighted by atomic mass is 10.2. The van der Waals surface area contributed by atoms with Crippen molar-refractivity contribution in [2.45, 2.75) is 25.6 Å². The molecular formula is C6H12F2O2. The van der Waals surface area contributed by atoms with Crippen LogP contribution in [0, 0.1) is 0 Å². The molecule has 0 aliphatic heterocycles. The Labute approximate surface area is 59.1 Å². The molecule has 0 bridgehead atoms. The van der Waals surface area contributed by atoms with Gasteiger partial charge in [-0.15, -0.1) is 0 Å². The zero-order valence-corrected chi connectivity index (χ0v) is 6.57. The first-order valence-electron chi connectivity index (χ1n) is 2.85. The molecule has 0 aliphatic rings. The Bertz CT molecular complexity index is 105. The summed E-state index contributed by atoms with van der Waals surface area (Å²) in [6, 6.07) is 0. The molecular weight excluding hydrogens is 142 g/mol. The zero-order valence-electron chi connectivity index (χ0n) is 6.57. The number of hydrogen-bond acceptors (Lipinski definition) is 2. The molecule has 0 saturated carbocycles. The average molecular weight is 154 g/mol. The molecule has 4 heteroatoms. The van der Waals surface area contributed by atoms with E-state index in [1.165, 1.54) is 21.1 Å². The number of ether oxygens (including phenoxy) is 2. The van der Waals surface area contributed by atoms with Crippen LogP contribution in [-0.4, -0.2) is 25.9 Å². The highest BCUT2D eigenvalue weighted by atomic mass is 19.3. The van der Waals surface area contributed by atoms with Crippen LogP contribution in [0.3, 0.4) is 0 Å². The SMILES string of the molecule is COC(C)(OC)C(C)(F)F. The first-order chi connectivity index (χ1) is 4.37. The standard InChI is InChI=1S/C6H12F2O2/c1-5(7,8)6(2,9-3)10-4/h1-4H3. The van der Waals surface area contributed by atoms with Crippen LogP contribution < -0.4 is 0 Å². The molecule has 0 rings (SSSR count). The van der Waals surface area contributed by atoms with Crippen LogP contribution in [0.15, 0.2) is 0 Å². The third-order valence-electron chi connectivity index (χ3n) is 1.58. The van der Waals surface area contributed by atoms with Crippen LogP contribution in [0.2, 0.25) is 0 Å². The summed E-state index contributed by atoms with van der Waals surface area (Å²) in [4.78, 5) is 0. The molecule has 0 aromatic rings. The predicted octanol–water partition coefficient (Wildman–Crippen LogP) is 1.65. The van der Waals surface area contributed by atoms with Crippen molar-refractivity contribution in [1.29, 1.82) is 0 Å². The van der Waals surface area contributed by atoms with Gasteiger partial charge < -0.3 is 9.47 Å². The minimum Gasteiger partial charge on any atom is -0.348 e. The molecule has 0 spiro atoms. The summed E-state index contributed by atoms with van der Waals surface area (Å²) in [7, 11) is 2.36. The lowest BCUT2D eigenvalue weighted by Crippen LogP contribution is -2.46. The second-order valence-corrected chi connectivity index (χ2v) is 2.24. The summed E-state index contributed by atoms with van der Waals surface area (Å²) in [5.41, 5.74) is 0. The fourth-order valence-corrected chi connectivity index (χ4v) is 0.442. The van der Waals surface area contributed by atoms with E-state index in [-0.39, 0.29) is 0 Å². The summed E-state index contributed by atoms with van der Waals surface area (Å²) in [6.07, 6.45) is 0. The number of halogens is 2. The van der Waals surface area contributed by atoms with Crippen LogP contribution in [0.4, 0.5) is 8.78 Å². The van der Waals surface area contributed by atoms with Gasteiger partial charge in [0.05, 0.1) is 0 Å². The van der Waals surface area contributed by atoms with Crippen LogP contribution in [0.5, 0.6) is 0 Å². The first kappa shape index (κ1) is 9.78. The normalized spacial score (nSPS) is 13.8. The van der Waals surface area contributed by atoms with Gasteiger partial charge in [0, 0.05) is 21.1 Å². The predicted molar refractivity (Wildman–Crippen MR) is 33.0 cm³/mol. The van der Waals surface area contributed by atoms with Crippen LogP contribution in [0.1, 0.15) is 13.8 Å².